The third kappa shape index (κ3) is 3.28. The normalized spacial score (nSPS) is 10.2. The van der Waals surface area contributed by atoms with Gasteiger partial charge in [-0.2, -0.15) is 0 Å². The minimum Gasteiger partial charge on any atom is -0.457 e. The SMILES string of the molecule is Nc1ccc(F)cc1C(=O)OCc1ccc(F)cc1. The molecule has 0 aliphatic rings. The zero-order valence-electron chi connectivity index (χ0n) is 9.90. The van der Waals surface area contributed by atoms with E-state index in [1.54, 1.807) is 0 Å². The van der Waals surface area contributed by atoms with E-state index in [0.29, 0.717) is 5.56 Å². The fraction of sp³-hybridized carbons (Fsp3) is 0.0714. The quantitative estimate of drug-likeness (QED) is 0.684. The van der Waals surface area contributed by atoms with Crippen molar-refractivity contribution in [2.24, 2.45) is 0 Å². The van der Waals surface area contributed by atoms with Crippen molar-refractivity contribution in [3.63, 3.8) is 0 Å². The number of hydrogen-bond donors (Lipinski definition) is 1. The number of benzene rings is 2. The smallest absolute Gasteiger partial charge is 0.340 e. The number of anilines is 1. The molecule has 0 aliphatic carbocycles. The highest BCUT2D eigenvalue weighted by Gasteiger charge is 2.12. The molecule has 0 fully saturated rings. The molecule has 0 spiro atoms. The number of halogens is 2. The second-order valence-corrected chi connectivity index (χ2v) is 3.93. The van der Waals surface area contributed by atoms with Gasteiger partial charge in [0.25, 0.3) is 0 Å². The van der Waals surface area contributed by atoms with Crippen LogP contribution in [0.25, 0.3) is 0 Å². The van der Waals surface area contributed by atoms with Crippen LogP contribution in [0.4, 0.5) is 14.5 Å². The van der Waals surface area contributed by atoms with Gasteiger partial charge in [0.15, 0.2) is 0 Å². The summed E-state index contributed by atoms with van der Waals surface area (Å²) < 4.78 is 30.7. The average Bonchev–Trinajstić information content (AvgIpc) is 2.40. The van der Waals surface area contributed by atoms with Crippen LogP contribution in [-0.4, -0.2) is 5.97 Å². The summed E-state index contributed by atoms with van der Waals surface area (Å²) in [5.41, 5.74) is 6.31. The van der Waals surface area contributed by atoms with Gasteiger partial charge in [-0.3, -0.25) is 0 Å². The van der Waals surface area contributed by atoms with Crippen LogP contribution < -0.4 is 5.73 Å². The third-order valence-electron chi connectivity index (χ3n) is 2.52. The Hall–Kier alpha value is -2.43. The fourth-order valence-electron chi connectivity index (χ4n) is 1.51. The summed E-state index contributed by atoms with van der Waals surface area (Å²) in [7, 11) is 0. The Kier molecular flexibility index (Phi) is 3.75. The molecule has 0 aromatic heterocycles. The van der Waals surface area contributed by atoms with E-state index in [2.05, 4.69) is 0 Å². The number of rotatable bonds is 3. The maximum absolute atomic E-state index is 13.0. The Balaban J connectivity index is 2.05. The number of esters is 1. The number of nitrogen functional groups attached to an aromatic ring is 1. The molecule has 2 aromatic rings. The van der Waals surface area contributed by atoms with Gasteiger partial charge in [0.2, 0.25) is 0 Å². The first kappa shape index (κ1) is 13.0. The lowest BCUT2D eigenvalue weighted by molar-refractivity contribution is 0.0473. The first-order chi connectivity index (χ1) is 9.06. The van der Waals surface area contributed by atoms with E-state index in [1.165, 1.54) is 30.3 Å². The molecular weight excluding hydrogens is 252 g/mol. The molecule has 2 aromatic carbocycles. The van der Waals surface area contributed by atoms with Crippen molar-refractivity contribution in [1.29, 1.82) is 0 Å². The first-order valence-corrected chi connectivity index (χ1v) is 5.53. The highest BCUT2D eigenvalue weighted by molar-refractivity contribution is 5.95. The van der Waals surface area contributed by atoms with Crippen molar-refractivity contribution in [3.8, 4) is 0 Å². The Bertz CT molecular complexity index is 597. The van der Waals surface area contributed by atoms with Crippen LogP contribution in [0.3, 0.4) is 0 Å². The van der Waals surface area contributed by atoms with Gasteiger partial charge in [-0.25, -0.2) is 13.6 Å². The summed E-state index contributed by atoms with van der Waals surface area (Å²) in [6.07, 6.45) is 0. The van der Waals surface area contributed by atoms with E-state index >= 15 is 0 Å². The maximum atomic E-state index is 13.0. The lowest BCUT2D eigenvalue weighted by atomic mass is 10.2. The van der Waals surface area contributed by atoms with E-state index in [1.807, 2.05) is 0 Å². The van der Waals surface area contributed by atoms with Crippen LogP contribution in [0, 0.1) is 11.6 Å². The first-order valence-electron chi connectivity index (χ1n) is 5.53. The van der Waals surface area contributed by atoms with Crippen LogP contribution in [0.2, 0.25) is 0 Å². The molecule has 0 heterocycles. The Morgan fingerprint density at radius 3 is 2.37 bits per heavy atom. The van der Waals surface area contributed by atoms with Gasteiger partial charge in [-0.15, -0.1) is 0 Å². The lowest BCUT2D eigenvalue weighted by Gasteiger charge is -2.07. The van der Waals surface area contributed by atoms with Gasteiger partial charge in [-0.05, 0) is 35.9 Å². The molecule has 5 heteroatoms. The van der Waals surface area contributed by atoms with Crippen molar-refractivity contribution in [2.75, 3.05) is 5.73 Å². The summed E-state index contributed by atoms with van der Waals surface area (Å²) in [6.45, 7) is -0.0327. The molecule has 0 saturated carbocycles. The molecule has 0 radical (unpaired) electrons. The Morgan fingerprint density at radius 1 is 1.05 bits per heavy atom. The fourth-order valence-corrected chi connectivity index (χ4v) is 1.51. The maximum Gasteiger partial charge on any atom is 0.340 e. The zero-order valence-corrected chi connectivity index (χ0v) is 9.90. The lowest BCUT2D eigenvalue weighted by Crippen LogP contribution is -2.08. The van der Waals surface area contributed by atoms with Crippen LogP contribution >= 0.6 is 0 Å². The molecule has 0 atom stereocenters. The van der Waals surface area contributed by atoms with Crippen molar-refractivity contribution in [1.82, 2.24) is 0 Å². The molecule has 98 valence electrons. The summed E-state index contributed by atoms with van der Waals surface area (Å²) in [4.78, 5) is 11.7. The summed E-state index contributed by atoms with van der Waals surface area (Å²) in [5.74, 6) is -1.66. The molecule has 0 aliphatic heterocycles. The largest absolute Gasteiger partial charge is 0.457 e. The third-order valence-corrected chi connectivity index (χ3v) is 2.52. The standard InChI is InChI=1S/C14H11F2NO2/c15-10-3-1-9(2-4-10)8-19-14(18)12-7-11(16)5-6-13(12)17/h1-7H,8,17H2. The van der Waals surface area contributed by atoms with Gasteiger partial charge >= 0.3 is 5.97 Å². The minimum absolute atomic E-state index is 0.0258. The van der Waals surface area contributed by atoms with Crippen molar-refractivity contribution >= 4 is 11.7 Å². The molecule has 0 amide bonds. The molecule has 0 saturated heterocycles. The predicted molar refractivity (Wildman–Crippen MR) is 66.3 cm³/mol. The second-order valence-electron chi connectivity index (χ2n) is 3.93. The molecule has 2 rings (SSSR count). The Labute approximate surface area is 108 Å². The molecule has 2 N–H and O–H groups in total. The summed E-state index contributed by atoms with van der Waals surface area (Å²) in [6, 6.07) is 8.99. The monoisotopic (exact) mass is 263 g/mol. The van der Waals surface area contributed by atoms with Crippen LogP contribution in [0.15, 0.2) is 42.5 Å². The zero-order chi connectivity index (χ0) is 13.8. The average molecular weight is 263 g/mol. The van der Waals surface area contributed by atoms with Gasteiger partial charge in [0.1, 0.15) is 18.2 Å². The van der Waals surface area contributed by atoms with E-state index < -0.39 is 11.8 Å². The highest BCUT2D eigenvalue weighted by atomic mass is 19.1. The second kappa shape index (κ2) is 5.48. The molecule has 0 unspecified atom stereocenters. The number of ether oxygens (including phenoxy) is 1. The molecule has 3 nitrogen and oxygen atoms in total. The van der Waals surface area contributed by atoms with Gasteiger partial charge in [0.05, 0.1) is 5.56 Å². The number of carbonyl (C=O) groups excluding carboxylic acids is 1. The van der Waals surface area contributed by atoms with Gasteiger partial charge in [-0.1, -0.05) is 12.1 Å². The van der Waals surface area contributed by atoms with Crippen LogP contribution in [0.5, 0.6) is 0 Å². The highest BCUT2D eigenvalue weighted by Crippen LogP contribution is 2.15. The van der Waals surface area contributed by atoms with Gasteiger partial charge < -0.3 is 10.5 Å². The van der Waals surface area contributed by atoms with Crippen LogP contribution in [-0.2, 0) is 11.3 Å². The van der Waals surface area contributed by atoms with Crippen molar-refractivity contribution in [3.05, 3.63) is 65.2 Å². The molecule has 19 heavy (non-hydrogen) atoms. The van der Waals surface area contributed by atoms with E-state index in [0.717, 1.165) is 12.1 Å². The Morgan fingerprint density at radius 2 is 1.68 bits per heavy atom. The van der Waals surface area contributed by atoms with E-state index in [9.17, 15) is 13.6 Å². The number of carbonyl (C=O) groups is 1. The minimum atomic E-state index is -0.721. The van der Waals surface area contributed by atoms with E-state index in [4.69, 9.17) is 10.5 Å². The number of hydrogen-bond acceptors (Lipinski definition) is 3. The van der Waals surface area contributed by atoms with Crippen molar-refractivity contribution < 1.29 is 18.3 Å². The summed E-state index contributed by atoms with van der Waals surface area (Å²) >= 11 is 0. The summed E-state index contributed by atoms with van der Waals surface area (Å²) in [5, 5.41) is 0. The predicted octanol–water partition coefficient (Wildman–Crippen LogP) is 2.90. The van der Waals surface area contributed by atoms with E-state index in [-0.39, 0.29) is 23.7 Å². The molecule has 0 bridgehead atoms. The topological polar surface area (TPSA) is 52.3 Å². The van der Waals surface area contributed by atoms with Crippen molar-refractivity contribution in [2.45, 2.75) is 6.61 Å². The number of nitrogens with two attached hydrogens (primary N) is 1. The van der Waals surface area contributed by atoms with Crippen LogP contribution in [0.1, 0.15) is 15.9 Å². The van der Waals surface area contributed by atoms with Gasteiger partial charge in [0, 0.05) is 5.69 Å². The molecular formula is C14H11F2NO2.